The fourth-order valence-electron chi connectivity index (χ4n) is 1.79. The number of carbonyl (C=O) groups excluding carboxylic acids is 1. The van der Waals surface area contributed by atoms with E-state index in [1.165, 1.54) is 12.1 Å². The largest absolute Gasteiger partial charge is 0.504 e. The predicted octanol–water partition coefficient (Wildman–Crippen LogP) is 0.886. The second kappa shape index (κ2) is 7.41. The van der Waals surface area contributed by atoms with Gasteiger partial charge in [-0.1, -0.05) is 13.0 Å². The van der Waals surface area contributed by atoms with Crippen molar-refractivity contribution in [3.63, 3.8) is 0 Å². The van der Waals surface area contributed by atoms with Crippen molar-refractivity contribution in [3.8, 4) is 23.8 Å². The highest BCUT2D eigenvalue weighted by molar-refractivity contribution is 5.82. The molecular weight excluding hydrogens is 256 g/mol. The molecule has 1 aromatic carbocycles. The van der Waals surface area contributed by atoms with E-state index < -0.39 is 6.04 Å². The molecule has 5 N–H and O–H groups in total. The standard InChI is InChI=1S/C15H20N2O3/c1-3-5-11(4-2)17-15(20)12(16)8-10-6-7-13(18)14(19)9-10/h1,6-7,9,11-12,18-19H,4-5,8,16H2,2H3,(H,17,20)/t11?,12-/m0/s1. The fraction of sp³-hybridized carbons (Fsp3) is 0.400. The van der Waals surface area contributed by atoms with Crippen LogP contribution in [0.3, 0.4) is 0 Å². The lowest BCUT2D eigenvalue weighted by atomic mass is 10.0. The molecule has 1 amide bonds. The monoisotopic (exact) mass is 276 g/mol. The van der Waals surface area contributed by atoms with Crippen LogP contribution in [0, 0.1) is 12.3 Å². The summed E-state index contributed by atoms with van der Waals surface area (Å²) in [6.45, 7) is 1.94. The Kier molecular flexibility index (Phi) is 5.88. The lowest BCUT2D eigenvalue weighted by Crippen LogP contribution is -2.46. The molecule has 0 aliphatic carbocycles. The van der Waals surface area contributed by atoms with E-state index in [9.17, 15) is 15.0 Å². The third-order valence-corrected chi connectivity index (χ3v) is 3.04. The number of amides is 1. The molecule has 0 aliphatic rings. The lowest BCUT2D eigenvalue weighted by Gasteiger charge is -2.18. The summed E-state index contributed by atoms with van der Waals surface area (Å²) in [5, 5.41) is 21.4. The van der Waals surface area contributed by atoms with Crippen LogP contribution in [0.25, 0.3) is 0 Å². The maximum absolute atomic E-state index is 11.9. The number of nitrogens with two attached hydrogens (primary N) is 1. The molecule has 5 nitrogen and oxygen atoms in total. The zero-order valence-corrected chi connectivity index (χ0v) is 11.5. The molecule has 2 atom stereocenters. The van der Waals surface area contributed by atoms with Gasteiger partial charge in [0, 0.05) is 12.5 Å². The number of carbonyl (C=O) groups is 1. The van der Waals surface area contributed by atoms with Gasteiger partial charge in [0.1, 0.15) is 0 Å². The summed E-state index contributed by atoms with van der Waals surface area (Å²) in [4.78, 5) is 11.9. The molecule has 1 unspecified atom stereocenters. The van der Waals surface area contributed by atoms with Gasteiger partial charge in [0.15, 0.2) is 11.5 Å². The predicted molar refractivity (Wildman–Crippen MR) is 77.1 cm³/mol. The molecule has 20 heavy (non-hydrogen) atoms. The SMILES string of the molecule is C#CCC(CC)NC(=O)[C@@H](N)Cc1ccc(O)c(O)c1. The summed E-state index contributed by atoms with van der Waals surface area (Å²) < 4.78 is 0. The highest BCUT2D eigenvalue weighted by atomic mass is 16.3. The lowest BCUT2D eigenvalue weighted by molar-refractivity contribution is -0.123. The summed E-state index contributed by atoms with van der Waals surface area (Å²) in [6.07, 6.45) is 6.70. The molecule has 0 bridgehead atoms. The highest BCUT2D eigenvalue weighted by Crippen LogP contribution is 2.25. The van der Waals surface area contributed by atoms with Crippen molar-refractivity contribution in [1.29, 1.82) is 0 Å². The Morgan fingerprint density at radius 3 is 2.70 bits per heavy atom. The van der Waals surface area contributed by atoms with Gasteiger partial charge in [0.05, 0.1) is 6.04 Å². The number of hydrogen-bond donors (Lipinski definition) is 4. The van der Waals surface area contributed by atoms with E-state index in [0.717, 1.165) is 6.42 Å². The van der Waals surface area contributed by atoms with Gasteiger partial charge in [-0.15, -0.1) is 12.3 Å². The summed E-state index contributed by atoms with van der Waals surface area (Å²) in [7, 11) is 0. The van der Waals surface area contributed by atoms with E-state index in [-0.39, 0.29) is 29.9 Å². The summed E-state index contributed by atoms with van der Waals surface area (Å²) in [5.41, 5.74) is 6.50. The topological polar surface area (TPSA) is 95.6 Å². The van der Waals surface area contributed by atoms with E-state index in [1.807, 2.05) is 6.92 Å². The maximum Gasteiger partial charge on any atom is 0.237 e. The summed E-state index contributed by atoms with van der Waals surface area (Å²) >= 11 is 0. The second-order valence-corrected chi connectivity index (χ2v) is 4.66. The molecule has 1 rings (SSSR count). The van der Waals surface area contributed by atoms with Crippen LogP contribution in [0.4, 0.5) is 0 Å². The van der Waals surface area contributed by atoms with Gasteiger partial charge in [-0.05, 0) is 30.5 Å². The average molecular weight is 276 g/mol. The number of hydrogen-bond acceptors (Lipinski definition) is 4. The molecule has 0 radical (unpaired) electrons. The van der Waals surface area contributed by atoms with Gasteiger partial charge in [-0.3, -0.25) is 4.79 Å². The minimum Gasteiger partial charge on any atom is -0.504 e. The molecule has 108 valence electrons. The smallest absolute Gasteiger partial charge is 0.237 e. The van der Waals surface area contributed by atoms with Crippen LogP contribution in [0.2, 0.25) is 0 Å². The third kappa shape index (κ3) is 4.48. The van der Waals surface area contributed by atoms with Crippen molar-refractivity contribution in [2.45, 2.75) is 38.3 Å². The molecule has 0 saturated carbocycles. The number of phenols is 2. The van der Waals surface area contributed by atoms with Gasteiger partial charge >= 0.3 is 0 Å². The fourth-order valence-corrected chi connectivity index (χ4v) is 1.79. The van der Waals surface area contributed by atoms with Crippen LogP contribution in [0.5, 0.6) is 11.5 Å². The summed E-state index contributed by atoms with van der Waals surface area (Å²) in [5.74, 6) is 1.80. The van der Waals surface area contributed by atoms with Gasteiger partial charge in [-0.2, -0.15) is 0 Å². The van der Waals surface area contributed by atoms with Crippen LogP contribution in [-0.2, 0) is 11.2 Å². The molecular formula is C15H20N2O3. The van der Waals surface area contributed by atoms with E-state index in [2.05, 4.69) is 11.2 Å². The number of benzene rings is 1. The van der Waals surface area contributed by atoms with Crippen molar-refractivity contribution in [3.05, 3.63) is 23.8 Å². The molecule has 0 heterocycles. The number of nitrogens with one attached hydrogen (secondary N) is 1. The van der Waals surface area contributed by atoms with Gasteiger partial charge in [-0.25, -0.2) is 0 Å². The van der Waals surface area contributed by atoms with E-state index in [1.54, 1.807) is 6.07 Å². The third-order valence-electron chi connectivity index (χ3n) is 3.04. The number of phenolic OH excluding ortho intramolecular Hbond substituents is 2. The zero-order chi connectivity index (χ0) is 15.1. The molecule has 1 aromatic rings. The first-order chi connectivity index (χ1) is 9.47. The number of terminal acetylenes is 1. The van der Waals surface area contributed by atoms with Crippen LogP contribution in [0.15, 0.2) is 18.2 Å². The Hall–Kier alpha value is -2.19. The first kappa shape index (κ1) is 15.9. The first-order valence-electron chi connectivity index (χ1n) is 6.48. The molecule has 0 aromatic heterocycles. The Labute approximate surface area is 118 Å². The quantitative estimate of drug-likeness (QED) is 0.458. The average Bonchev–Trinajstić information content (AvgIpc) is 2.42. The maximum atomic E-state index is 11.9. The van der Waals surface area contributed by atoms with Crippen molar-refractivity contribution >= 4 is 5.91 Å². The molecule has 5 heteroatoms. The minimum absolute atomic E-state index is 0.0771. The first-order valence-corrected chi connectivity index (χ1v) is 6.48. The van der Waals surface area contributed by atoms with Crippen molar-refractivity contribution < 1.29 is 15.0 Å². The van der Waals surface area contributed by atoms with Gasteiger partial charge in [0.2, 0.25) is 5.91 Å². The Balaban J connectivity index is 2.61. The summed E-state index contributed by atoms with van der Waals surface area (Å²) in [6, 6.07) is 3.56. The van der Waals surface area contributed by atoms with Crippen molar-refractivity contribution in [2.24, 2.45) is 5.73 Å². The van der Waals surface area contributed by atoms with Crippen LogP contribution in [0.1, 0.15) is 25.3 Å². The van der Waals surface area contributed by atoms with Crippen LogP contribution >= 0.6 is 0 Å². The second-order valence-electron chi connectivity index (χ2n) is 4.66. The van der Waals surface area contributed by atoms with Gasteiger partial charge in [0.25, 0.3) is 0 Å². The molecule has 0 fully saturated rings. The van der Waals surface area contributed by atoms with Crippen LogP contribution in [-0.4, -0.2) is 28.2 Å². The van der Waals surface area contributed by atoms with E-state index >= 15 is 0 Å². The Morgan fingerprint density at radius 1 is 1.45 bits per heavy atom. The van der Waals surface area contributed by atoms with E-state index in [0.29, 0.717) is 12.0 Å². The molecule has 0 spiro atoms. The zero-order valence-electron chi connectivity index (χ0n) is 11.5. The van der Waals surface area contributed by atoms with E-state index in [4.69, 9.17) is 12.2 Å². The molecule has 0 aliphatic heterocycles. The van der Waals surface area contributed by atoms with Crippen molar-refractivity contribution in [2.75, 3.05) is 0 Å². The Bertz CT molecular complexity index is 508. The minimum atomic E-state index is -0.731. The van der Waals surface area contributed by atoms with Gasteiger partial charge < -0.3 is 21.3 Å². The Morgan fingerprint density at radius 2 is 2.15 bits per heavy atom. The number of rotatable bonds is 6. The number of aromatic hydroxyl groups is 2. The van der Waals surface area contributed by atoms with Crippen LogP contribution < -0.4 is 11.1 Å². The highest BCUT2D eigenvalue weighted by Gasteiger charge is 2.17. The van der Waals surface area contributed by atoms with Crippen molar-refractivity contribution in [1.82, 2.24) is 5.32 Å². The molecule has 0 saturated heterocycles. The normalized spacial score (nSPS) is 13.2.